The van der Waals surface area contributed by atoms with Crippen molar-refractivity contribution in [3.05, 3.63) is 0 Å². The predicted octanol–water partition coefficient (Wildman–Crippen LogP) is 9.05. The fourth-order valence-electron chi connectivity index (χ4n) is 3.68. The highest BCUT2D eigenvalue weighted by Gasteiger charge is 2.01. The maximum Gasteiger partial charge on any atom is 0.0570 e. The van der Waals surface area contributed by atoms with Crippen LogP contribution in [0.1, 0.15) is 149 Å². The molecule has 2 nitrogen and oxygen atoms in total. The van der Waals surface area contributed by atoms with Gasteiger partial charge in [0.05, 0.1) is 5.71 Å². The van der Waals surface area contributed by atoms with Crippen LogP contribution in [0, 0.1) is 0 Å². The third-order valence-electron chi connectivity index (χ3n) is 5.53. The van der Waals surface area contributed by atoms with Crippen LogP contribution in [0.15, 0.2) is 5.16 Å². The van der Waals surface area contributed by atoms with E-state index in [2.05, 4.69) is 19.0 Å². The van der Waals surface area contributed by atoms with Crippen molar-refractivity contribution in [2.24, 2.45) is 5.16 Å². The molecule has 26 heavy (non-hydrogen) atoms. The molecule has 0 aromatic rings. The van der Waals surface area contributed by atoms with Gasteiger partial charge in [-0.1, -0.05) is 128 Å². The number of hydrogen-bond acceptors (Lipinski definition) is 2. The Balaban J connectivity index is 3.30. The lowest BCUT2D eigenvalue weighted by atomic mass is 10.0. The molecule has 0 fully saturated rings. The highest BCUT2D eigenvalue weighted by Crippen LogP contribution is 2.14. The zero-order chi connectivity index (χ0) is 19.1. The molecule has 0 amide bonds. The van der Waals surface area contributed by atoms with E-state index in [-0.39, 0.29) is 0 Å². The molecular formula is C24H49NO. The molecule has 0 aliphatic rings. The summed E-state index contributed by atoms with van der Waals surface area (Å²) in [6.07, 6.45) is 27.9. The monoisotopic (exact) mass is 367 g/mol. The summed E-state index contributed by atoms with van der Waals surface area (Å²) in [5.74, 6) is 0. The Hall–Kier alpha value is -0.530. The summed E-state index contributed by atoms with van der Waals surface area (Å²) >= 11 is 0. The normalized spacial score (nSPS) is 12.0. The molecule has 0 spiro atoms. The van der Waals surface area contributed by atoms with Crippen LogP contribution in [0.2, 0.25) is 0 Å². The van der Waals surface area contributed by atoms with Gasteiger partial charge in [-0.15, -0.1) is 0 Å². The Bertz CT molecular complexity index is 288. The molecular weight excluding hydrogens is 318 g/mol. The maximum atomic E-state index is 9.18. The minimum atomic E-state index is 1.00. The fourth-order valence-corrected chi connectivity index (χ4v) is 3.68. The zero-order valence-electron chi connectivity index (χ0n) is 18.2. The van der Waals surface area contributed by atoms with E-state index < -0.39 is 0 Å². The van der Waals surface area contributed by atoms with Crippen molar-refractivity contribution >= 4 is 5.71 Å². The van der Waals surface area contributed by atoms with Crippen LogP contribution in [-0.2, 0) is 0 Å². The minimum Gasteiger partial charge on any atom is -0.411 e. The SMILES string of the molecule is CCCCCCCCCCCCCC(CCCCCCCCCC)=NO. The van der Waals surface area contributed by atoms with Gasteiger partial charge in [0.25, 0.3) is 0 Å². The average molecular weight is 368 g/mol. The van der Waals surface area contributed by atoms with Gasteiger partial charge in [-0.25, -0.2) is 0 Å². The molecule has 0 heterocycles. The van der Waals surface area contributed by atoms with E-state index >= 15 is 0 Å². The summed E-state index contributed by atoms with van der Waals surface area (Å²) in [6, 6.07) is 0. The second-order valence-corrected chi connectivity index (χ2v) is 8.18. The molecule has 0 atom stereocenters. The van der Waals surface area contributed by atoms with Gasteiger partial charge in [0.1, 0.15) is 0 Å². The van der Waals surface area contributed by atoms with Gasteiger partial charge in [0.15, 0.2) is 0 Å². The first-order valence-corrected chi connectivity index (χ1v) is 12.0. The van der Waals surface area contributed by atoms with Crippen molar-refractivity contribution in [2.45, 2.75) is 149 Å². The van der Waals surface area contributed by atoms with Gasteiger partial charge in [-0.2, -0.15) is 0 Å². The van der Waals surface area contributed by atoms with Crippen molar-refractivity contribution < 1.29 is 5.21 Å². The molecule has 0 aliphatic heterocycles. The largest absolute Gasteiger partial charge is 0.411 e. The molecule has 0 saturated carbocycles. The summed E-state index contributed by atoms with van der Waals surface area (Å²) in [4.78, 5) is 0. The number of hydrogen-bond donors (Lipinski definition) is 1. The van der Waals surface area contributed by atoms with Crippen LogP contribution >= 0.6 is 0 Å². The van der Waals surface area contributed by atoms with Crippen LogP contribution in [0.5, 0.6) is 0 Å². The molecule has 2 heteroatoms. The van der Waals surface area contributed by atoms with E-state index in [9.17, 15) is 5.21 Å². The Morgan fingerprint density at radius 3 is 1.00 bits per heavy atom. The molecule has 0 bridgehead atoms. The molecule has 0 aromatic heterocycles. The van der Waals surface area contributed by atoms with E-state index in [0.29, 0.717) is 0 Å². The van der Waals surface area contributed by atoms with Gasteiger partial charge in [0, 0.05) is 0 Å². The van der Waals surface area contributed by atoms with Crippen molar-refractivity contribution in [1.82, 2.24) is 0 Å². The van der Waals surface area contributed by atoms with Crippen LogP contribution in [0.4, 0.5) is 0 Å². The highest BCUT2D eigenvalue weighted by atomic mass is 16.4. The van der Waals surface area contributed by atoms with Gasteiger partial charge < -0.3 is 5.21 Å². The molecule has 0 aromatic carbocycles. The highest BCUT2D eigenvalue weighted by molar-refractivity contribution is 5.83. The van der Waals surface area contributed by atoms with Crippen molar-refractivity contribution in [3.63, 3.8) is 0 Å². The van der Waals surface area contributed by atoms with E-state index in [1.807, 2.05) is 0 Å². The first-order valence-electron chi connectivity index (χ1n) is 12.0. The van der Waals surface area contributed by atoms with Gasteiger partial charge in [0.2, 0.25) is 0 Å². The van der Waals surface area contributed by atoms with Gasteiger partial charge >= 0.3 is 0 Å². The Labute approximate surface area is 165 Å². The summed E-state index contributed by atoms with van der Waals surface area (Å²) < 4.78 is 0. The summed E-state index contributed by atoms with van der Waals surface area (Å²) in [5, 5.41) is 12.7. The summed E-state index contributed by atoms with van der Waals surface area (Å²) in [7, 11) is 0. The second-order valence-electron chi connectivity index (χ2n) is 8.18. The Kier molecular flexibility index (Phi) is 22.1. The lowest BCUT2D eigenvalue weighted by Gasteiger charge is -2.06. The molecule has 0 radical (unpaired) electrons. The molecule has 156 valence electrons. The first-order chi connectivity index (χ1) is 12.8. The quantitative estimate of drug-likeness (QED) is 0.0932. The standard InChI is InChI=1S/C24H49NO/c1-3-5-7-9-11-13-14-15-17-19-21-23-24(25-26)22-20-18-16-12-10-8-6-4-2/h26H,3-23H2,1-2H3. The van der Waals surface area contributed by atoms with Crippen molar-refractivity contribution in [2.75, 3.05) is 0 Å². The second kappa shape index (κ2) is 22.5. The Morgan fingerprint density at radius 1 is 0.462 bits per heavy atom. The number of unbranched alkanes of at least 4 members (excludes halogenated alkanes) is 17. The molecule has 1 N–H and O–H groups in total. The van der Waals surface area contributed by atoms with Crippen molar-refractivity contribution in [3.8, 4) is 0 Å². The van der Waals surface area contributed by atoms with Crippen molar-refractivity contribution in [1.29, 1.82) is 0 Å². The zero-order valence-corrected chi connectivity index (χ0v) is 18.2. The third-order valence-corrected chi connectivity index (χ3v) is 5.53. The smallest absolute Gasteiger partial charge is 0.0570 e. The molecule has 0 saturated heterocycles. The summed E-state index contributed by atoms with van der Waals surface area (Å²) in [5.41, 5.74) is 1.03. The lowest BCUT2D eigenvalue weighted by molar-refractivity contribution is 0.315. The minimum absolute atomic E-state index is 1.00. The van der Waals surface area contributed by atoms with Crippen LogP contribution < -0.4 is 0 Å². The third kappa shape index (κ3) is 19.8. The molecule has 0 rings (SSSR count). The van der Waals surface area contributed by atoms with Crippen LogP contribution in [-0.4, -0.2) is 10.9 Å². The molecule has 0 aliphatic carbocycles. The average Bonchev–Trinajstić information content (AvgIpc) is 2.66. The Morgan fingerprint density at radius 2 is 0.731 bits per heavy atom. The number of nitrogens with zero attached hydrogens (tertiary/aromatic N) is 1. The van der Waals surface area contributed by atoms with E-state index in [1.165, 1.54) is 122 Å². The topological polar surface area (TPSA) is 32.6 Å². The van der Waals surface area contributed by atoms with Crippen LogP contribution in [0.25, 0.3) is 0 Å². The van der Waals surface area contributed by atoms with Gasteiger partial charge in [-0.3, -0.25) is 0 Å². The number of rotatable bonds is 21. The first kappa shape index (κ1) is 25.5. The maximum absolute atomic E-state index is 9.18. The fraction of sp³-hybridized carbons (Fsp3) is 0.958. The van der Waals surface area contributed by atoms with E-state index in [4.69, 9.17) is 0 Å². The predicted molar refractivity (Wildman–Crippen MR) is 118 cm³/mol. The van der Waals surface area contributed by atoms with E-state index in [1.54, 1.807) is 0 Å². The van der Waals surface area contributed by atoms with E-state index in [0.717, 1.165) is 18.6 Å². The van der Waals surface area contributed by atoms with Crippen LogP contribution in [0.3, 0.4) is 0 Å². The van der Waals surface area contributed by atoms with Gasteiger partial charge in [-0.05, 0) is 25.7 Å². The molecule has 0 unspecified atom stereocenters. The summed E-state index contributed by atoms with van der Waals surface area (Å²) in [6.45, 7) is 4.55. The number of oxime groups is 1. The lowest BCUT2D eigenvalue weighted by Crippen LogP contribution is -1.99.